The number of oxime groups is 1. The number of hydrogen-bond donors (Lipinski definition) is 4. The second kappa shape index (κ2) is 21.2. The van der Waals surface area contributed by atoms with Gasteiger partial charge in [-0.25, -0.2) is 14.3 Å². The fourth-order valence-electron chi connectivity index (χ4n) is 9.01. The smallest absolute Gasteiger partial charge is 0.356 e. The summed E-state index contributed by atoms with van der Waals surface area (Å²) in [4.78, 5) is 55.1. The van der Waals surface area contributed by atoms with Gasteiger partial charge in [-0.1, -0.05) is 157 Å². The SMILES string of the molecule is CON=C(C(=O)NC1C(=O)N2C(C(=O)OC(c3ccccc3)c3ccccc3)=C(C[n+]3ccc4cc(O)c(O)cc4c3)CS[C@H]12)c1csc(NC(c2ccccc2)(c2ccccc2)c2ccccc2)n1.[I-]. The van der Waals surface area contributed by atoms with Gasteiger partial charge in [0.1, 0.15) is 35.5 Å². The Hall–Kier alpha value is -7.54. The standard InChI is InChI=1S/C55H44N6O7S2.HI/c1-67-59-46(43-34-70-54(56-43)58-55(40-21-11-4-12-22-40,41-23-13-5-14-24-41)42-25-15-6-16-26-42)50(64)57-47-51(65)61-48(53(66)68-49(35-17-7-2-8-18-35)36-19-9-3-10-20-36)39(33-69-52(47)61)32-60-28-27-37-29-44(62)45(63)30-38(37)31-60;/h2-31,34,47,49,52H,32-33H2,1H3,(H3,56,57,58,63,64);1H/t47?,52-;/m1./s1. The van der Waals surface area contributed by atoms with Gasteiger partial charge in [0, 0.05) is 28.2 Å². The van der Waals surface area contributed by atoms with Crippen LogP contribution in [-0.4, -0.2) is 67.9 Å². The molecule has 10 rings (SSSR count). The van der Waals surface area contributed by atoms with Gasteiger partial charge in [-0.15, -0.1) is 23.1 Å². The third-order valence-corrected chi connectivity index (χ3v) is 14.4. The van der Waals surface area contributed by atoms with E-state index in [0.29, 0.717) is 27.2 Å². The molecule has 0 saturated carbocycles. The number of β-lactam (4-membered cyclic amide) rings is 1. The number of ether oxygens (including phenoxy) is 1. The number of aromatic nitrogens is 2. The highest BCUT2D eigenvalue weighted by Gasteiger charge is 2.55. The van der Waals surface area contributed by atoms with E-state index in [9.17, 15) is 24.6 Å². The minimum absolute atomic E-state index is 0. The number of rotatable bonds is 15. The molecule has 13 nitrogen and oxygen atoms in total. The molecule has 8 aromatic rings. The molecule has 0 bridgehead atoms. The van der Waals surface area contributed by atoms with Crippen LogP contribution in [0.1, 0.15) is 39.6 Å². The first kappa shape index (κ1) is 48.5. The Labute approximate surface area is 434 Å². The maximum atomic E-state index is 14.8. The second-order valence-corrected chi connectivity index (χ2v) is 18.6. The minimum atomic E-state index is -1.04. The molecule has 4 heterocycles. The lowest BCUT2D eigenvalue weighted by Crippen LogP contribution is -3.00. The molecular weight excluding hydrogens is 1050 g/mol. The molecule has 1 fully saturated rings. The van der Waals surface area contributed by atoms with Crippen molar-refractivity contribution in [2.75, 3.05) is 18.2 Å². The molecular formula is C55H45IN6O7S2. The predicted molar refractivity (Wildman–Crippen MR) is 269 cm³/mol. The monoisotopic (exact) mass is 1090 g/mol. The number of phenols is 2. The summed E-state index contributed by atoms with van der Waals surface area (Å²) in [6.07, 6.45) is 2.79. The van der Waals surface area contributed by atoms with E-state index in [0.717, 1.165) is 27.8 Å². The first-order chi connectivity index (χ1) is 34.2. The van der Waals surface area contributed by atoms with Gasteiger partial charge in [0.2, 0.25) is 0 Å². The molecule has 2 atom stereocenters. The van der Waals surface area contributed by atoms with Gasteiger partial charge in [0.25, 0.3) is 11.8 Å². The Bertz CT molecular complexity index is 3140. The number of hydrogen-bond acceptors (Lipinski definition) is 12. The van der Waals surface area contributed by atoms with Crippen LogP contribution in [0.2, 0.25) is 0 Å². The van der Waals surface area contributed by atoms with E-state index in [-0.39, 0.29) is 59.1 Å². The number of thioether (sulfide) groups is 1. The molecule has 2 amide bonds. The number of nitrogens with zero attached hydrogens (tertiary/aromatic N) is 4. The quantitative estimate of drug-likeness (QED) is 0.0152. The van der Waals surface area contributed by atoms with E-state index in [2.05, 4.69) is 52.2 Å². The summed E-state index contributed by atoms with van der Waals surface area (Å²) in [7, 11) is 1.33. The van der Waals surface area contributed by atoms with Crippen LogP contribution < -0.4 is 39.2 Å². The van der Waals surface area contributed by atoms with E-state index in [1.54, 1.807) is 23.8 Å². The van der Waals surface area contributed by atoms with Gasteiger partial charge in [-0.05, 0) is 45.3 Å². The molecule has 16 heteroatoms. The summed E-state index contributed by atoms with van der Waals surface area (Å²) in [5, 5.41) is 34.0. The third-order valence-electron chi connectivity index (χ3n) is 12.3. The van der Waals surface area contributed by atoms with Gasteiger partial charge in [-0.2, -0.15) is 0 Å². The zero-order valence-electron chi connectivity index (χ0n) is 38.0. The minimum Gasteiger partial charge on any atom is -1.00 e. The van der Waals surface area contributed by atoms with E-state index in [1.165, 1.54) is 47.2 Å². The largest absolute Gasteiger partial charge is 1.00 e. The van der Waals surface area contributed by atoms with Crippen molar-refractivity contribution in [2.45, 2.75) is 29.6 Å². The number of nitrogens with one attached hydrogen (secondary N) is 2. The van der Waals surface area contributed by atoms with E-state index < -0.39 is 40.8 Å². The molecule has 2 aromatic heterocycles. The summed E-state index contributed by atoms with van der Waals surface area (Å²) in [6, 6.07) is 52.7. The Morgan fingerprint density at radius 3 is 1.89 bits per heavy atom. The number of halogens is 1. The van der Waals surface area contributed by atoms with Crippen LogP contribution in [0.3, 0.4) is 0 Å². The fourth-order valence-corrected chi connectivity index (χ4v) is 11.1. The Morgan fingerprint density at radius 1 is 0.803 bits per heavy atom. The van der Waals surface area contributed by atoms with Crippen LogP contribution in [0, 0.1) is 0 Å². The van der Waals surface area contributed by atoms with E-state index >= 15 is 0 Å². The van der Waals surface area contributed by atoms with Crippen molar-refractivity contribution in [2.24, 2.45) is 5.16 Å². The van der Waals surface area contributed by atoms with Gasteiger partial charge in [0.15, 0.2) is 47.4 Å². The molecule has 1 unspecified atom stereocenters. The highest BCUT2D eigenvalue weighted by atomic mass is 127. The zero-order chi connectivity index (χ0) is 48.2. The van der Waals surface area contributed by atoms with Crippen LogP contribution in [0.25, 0.3) is 10.8 Å². The number of carbonyl (C=O) groups is 3. The molecule has 2 aliphatic rings. The van der Waals surface area contributed by atoms with Crippen LogP contribution in [-0.2, 0) is 36.0 Å². The number of esters is 1. The van der Waals surface area contributed by atoms with Crippen LogP contribution in [0.5, 0.6) is 11.5 Å². The Morgan fingerprint density at radius 2 is 1.34 bits per heavy atom. The van der Waals surface area contributed by atoms with Crippen molar-refractivity contribution in [3.8, 4) is 11.5 Å². The first-order valence-electron chi connectivity index (χ1n) is 22.4. The van der Waals surface area contributed by atoms with E-state index in [4.69, 9.17) is 14.6 Å². The molecule has 6 aromatic carbocycles. The summed E-state index contributed by atoms with van der Waals surface area (Å²) < 4.78 is 8.23. The Kier molecular flexibility index (Phi) is 14.5. The average Bonchev–Trinajstić information content (AvgIpc) is 3.87. The van der Waals surface area contributed by atoms with Gasteiger partial charge in [-0.3, -0.25) is 14.5 Å². The maximum Gasteiger partial charge on any atom is 0.356 e. The number of anilines is 1. The molecule has 71 heavy (non-hydrogen) atoms. The molecule has 2 aliphatic heterocycles. The van der Waals surface area contributed by atoms with Gasteiger partial charge >= 0.3 is 5.97 Å². The van der Waals surface area contributed by atoms with Crippen LogP contribution in [0.15, 0.2) is 204 Å². The van der Waals surface area contributed by atoms with Crippen molar-refractivity contribution >= 4 is 62.5 Å². The number of benzene rings is 6. The number of thiazole rings is 1. The molecule has 4 N–H and O–H groups in total. The third kappa shape index (κ3) is 9.70. The predicted octanol–water partition coefficient (Wildman–Crippen LogP) is 5.44. The van der Waals surface area contributed by atoms with Crippen LogP contribution >= 0.6 is 23.1 Å². The molecule has 0 radical (unpaired) electrons. The molecule has 0 aliphatic carbocycles. The van der Waals surface area contributed by atoms with Gasteiger partial charge in [0.05, 0.1) is 0 Å². The first-order valence-corrected chi connectivity index (χ1v) is 24.3. The highest BCUT2D eigenvalue weighted by Crippen LogP contribution is 2.43. The van der Waals surface area contributed by atoms with Gasteiger partial charge < -0.3 is 54.4 Å². The normalized spacial score (nSPS) is 15.6. The van der Waals surface area contributed by atoms with Crippen molar-refractivity contribution in [3.05, 3.63) is 232 Å². The maximum absolute atomic E-state index is 14.8. The van der Waals surface area contributed by atoms with Crippen LogP contribution in [0.4, 0.5) is 5.13 Å². The molecule has 0 spiro atoms. The average molecular weight is 1090 g/mol. The number of pyridine rings is 1. The topological polar surface area (TPSA) is 167 Å². The lowest BCUT2D eigenvalue weighted by atomic mass is 9.77. The number of amides is 2. The van der Waals surface area contributed by atoms with Crippen molar-refractivity contribution < 1.29 is 62.7 Å². The number of fused-ring (bicyclic) bond motifs is 2. The number of carbonyl (C=O) groups excluding carboxylic acids is 3. The lowest BCUT2D eigenvalue weighted by molar-refractivity contribution is -0.687. The zero-order valence-corrected chi connectivity index (χ0v) is 41.8. The molecule has 1 saturated heterocycles. The number of aromatic hydroxyl groups is 2. The lowest BCUT2D eigenvalue weighted by Gasteiger charge is -2.49. The number of phenolic OH excluding ortho intramolecular Hbond substituents is 2. The van der Waals surface area contributed by atoms with E-state index in [1.807, 2.05) is 120 Å². The van der Waals surface area contributed by atoms with Crippen molar-refractivity contribution in [1.29, 1.82) is 0 Å². The second-order valence-electron chi connectivity index (χ2n) is 16.6. The summed E-state index contributed by atoms with van der Waals surface area (Å²) >= 11 is 2.70. The molecule has 356 valence electrons. The Balaban J connectivity index is 0.00000624. The summed E-state index contributed by atoms with van der Waals surface area (Å²) in [5.41, 5.74) is 4.30. The van der Waals surface area contributed by atoms with Crippen molar-refractivity contribution in [3.63, 3.8) is 0 Å². The van der Waals surface area contributed by atoms with Crippen molar-refractivity contribution in [1.82, 2.24) is 15.2 Å². The highest BCUT2D eigenvalue weighted by molar-refractivity contribution is 8.00. The summed E-state index contributed by atoms with van der Waals surface area (Å²) in [6.45, 7) is 0.189. The summed E-state index contributed by atoms with van der Waals surface area (Å²) in [5.74, 6) is -2.10. The fraction of sp³-hybridized carbons (Fsp3) is 0.127.